The average molecular weight is 271 g/mol. The summed E-state index contributed by atoms with van der Waals surface area (Å²) < 4.78 is 4.93. The lowest BCUT2D eigenvalue weighted by atomic mass is 9.79. The number of ether oxygens (including phenoxy) is 1. The van der Waals surface area contributed by atoms with Gasteiger partial charge in [0.25, 0.3) is 0 Å². The van der Waals surface area contributed by atoms with Crippen molar-refractivity contribution in [3.8, 4) is 0 Å². The molecule has 0 aromatic heterocycles. The van der Waals surface area contributed by atoms with Gasteiger partial charge in [-0.3, -0.25) is 4.79 Å². The smallest absolute Gasteiger partial charge is 0.234 e. The zero-order chi connectivity index (χ0) is 14.5. The Morgan fingerprint density at radius 1 is 1.26 bits per heavy atom. The maximum Gasteiger partial charge on any atom is 0.234 e. The predicted molar refractivity (Wildman–Crippen MR) is 77.2 cm³/mol. The molecule has 5 heteroatoms. The maximum absolute atomic E-state index is 11.9. The summed E-state index contributed by atoms with van der Waals surface area (Å²) in [6.45, 7) is 10.4. The van der Waals surface area contributed by atoms with Crippen LogP contribution < -0.4 is 16.0 Å². The SMILES string of the molecule is COCCNCC(=O)NC1CC(C)(C)NC(C)(C)C1. The van der Waals surface area contributed by atoms with Crippen molar-refractivity contribution in [1.82, 2.24) is 16.0 Å². The van der Waals surface area contributed by atoms with Gasteiger partial charge >= 0.3 is 0 Å². The maximum atomic E-state index is 11.9. The molecule has 1 saturated heterocycles. The van der Waals surface area contributed by atoms with Crippen LogP contribution >= 0.6 is 0 Å². The van der Waals surface area contributed by atoms with E-state index in [9.17, 15) is 4.79 Å². The predicted octanol–water partition coefficient (Wildman–Crippen LogP) is 0.648. The molecule has 0 spiro atoms. The van der Waals surface area contributed by atoms with E-state index in [1.54, 1.807) is 7.11 Å². The van der Waals surface area contributed by atoms with Gasteiger partial charge in [-0.25, -0.2) is 0 Å². The number of hydrogen-bond donors (Lipinski definition) is 3. The van der Waals surface area contributed by atoms with E-state index in [4.69, 9.17) is 4.74 Å². The summed E-state index contributed by atoms with van der Waals surface area (Å²) >= 11 is 0. The van der Waals surface area contributed by atoms with Gasteiger partial charge in [-0.2, -0.15) is 0 Å². The number of carbonyl (C=O) groups is 1. The molecule has 1 rings (SSSR count). The van der Waals surface area contributed by atoms with Gasteiger partial charge in [0.15, 0.2) is 0 Å². The highest BCUT2D eigenvalue weighted by atomic mass is 16.5. The number of carbonyl (C=O) groups excluding carboxylic acids is 1. The van der Waals surface area contributed by atoms with E-state index in [1.165, 1.54) is 0 Å². The molecule has 0 radical (unpaired) electrons. The molecule has 19 heavy (non-hydrogen) atoms. The Kier molecular flexibility index (Phi) is 5.77. The number of rotatable bonds is 6. The van der Waals surface area contributed by atoms with Gasteiger partial charge in [0, 0.05) is 30.8 Å². The third-order valence-corrected chi connectivity index (χ3v) is 3.32. The van der Waals surface area contributed by atoms with Crippen molar-refractivity contribution < 1.29 is 9.53 Å². The number of hydrogen-bond acceptors (Lipinski definition) is 4. The van der Waals surface area contributed by atoms with E-state index < -0.39 is 0 Å². The molecule has 5 nitrogen and oxygen atoms in total. The van der Waals surface area contributed by atoms with Gasteiger partial charge in [-0.1, -0.05) is 0 Å². The Balaban J connectivity index is 2.37. The van der Waals surface area contributed by atoms with Crippen molar-refractivity contribution in [3.05, 3.63) is 0 Å². The van der Waals surface area contributed by atoms with E-state index in [2.05, 4.69) is 43.6 Å². The first-order chi connectivity index (χ1) is 8.74. The van der Waals surface area contributed by atoms with Gasteiger partial charge in [-0.05, 0) is 40.5 Å². The fraction of sp³-hybridized carbons (Fsp3) is 0.929. The molecule has 0 bridgehead atoms. The molecule has 0 aromatic carbocycles. The summed E-state index contributed by atoms with van der Waals surface area (Å²) in [7, 11) is 1.65. The fourth-order valence-corrected chi connectivity index (χ4v) is 3.08. The van der Waals surface area contributed by atoms with Crippen LogP contribution in [0.3, 0.4) is 0 Å². The highest BCUT2D eigenvalue weighted by Gasteiger charge is 2.37. The first-order valence-corrected chi connectivity index (χ1v) is 7.02. The van der Waals surface area contributed by atoms with Crippen molar-refractivity contribution in [1.29, 1.82) is 0 Å². The number of nitrogens with one attached hydrogen (secondary N) is 3. The van der Waals surface area contributed by atoms with E-state index >= 15 is 0 Å². The highest BCUT2D eigenvalue weighted by molar-refractivity contribution is 5.78. The zero-order valence-corrected chi connectivity index (χ0v) is 12.9. The van der Waals surface area contributed by atoms with Crippen molar-refractivity contribution in [2.45, 2.75) is 57.7 Å². The lowest BCUT2D eigenvalue weighted by Gasteiger charge is -2.46. The molecular weight excluding hydrogens is 242 g/mol. The van der Waals surface area contributed by atoms with Crippen molar-refractivity contribution in [3.63, 3.8) is 0 Å². The van der Waals surface area contributed by atoms with Crippen LogP contribution in [0.4, 0.5) is 0 Å². The second-order valence-electron chi connectivity index (χ2n) is 6.74. The Morgan fingerprint density at radius 3 is 2.37 bits per heavy atom. The summed E-state index contributed by atoms with van der Waals surface area (Å²) in [6.07, 6.45) is 1.92. The fourth-order valence-electron chi connectivity index (χ4n) is 3.08. The first kappa shape index (κ1) is 16.4. The first-order valence-electron chi connectivity index (χ1n) is 7.02. The highest BCUT2D eigenvalue weighted by Crippen LogP contribution is 2.28. The quantitative estimate of drug-likeness (QED) is 0.621. The molecule has 0 atom stereocenters. The minimum absolute atomic E-state index is 0.0587. The van der Waals surface area contributed by atoms with Crippen LogP contribution in [0.25, 0.3) is 0 Å². The van der Waals surface area contributed by atoms with Crippen LogP contribution in [0.15, 0.2) is 0 Å². The van der Waals surface area contributed by atoms with Crippen LogP contribution in [-0.2, 0) is 9.53 Å². The molecule has 1 aliphatic rings. The van der Waals surface area contributed by atoms with Crippen LogP contribution in [0, 0.1) is 0 Å². The monoisotopic (exact) mass is 271 g/mol. The molecular formula is C14H29N3O2. The Labute approximate surface area is 116 Å². The third-order valence-electron chi connectivity index (χ3n) is 3.32. The second-order valence-corrected chi connectivity index (χ2v) is 6.74. The Bertz CT molecular complexity index is 287. The Hall–Kier alpha value is -0.650. The van der Waals surface area contributed by atoms with Crippen molar-refractivity contribution in [2.24, 2.45) is 0 Å². The van der Waals surface area contributed by atoms with Crippen molar-refractivity contribution in [2.75, 3.05) is 26.8 Å². The van der Waals surface area contributed by atoms with E-state index in [0.29, 0.717) is 19.7 Å². The summed E-state index contributed by atoms with van der Waals surface area (Å²) in [5.41, 5.74) is 0.117. The summed E-state index contributed by atoms with van der Waals surface area (Å²) in [4.78, 5) is 11.9. The molecule has 0 saturated carbocycles. The standard InChI is InChI=1S/C14H29N3O2/c1-13(2)8-11(9-14(3,4)17-13)16-12(18)10-15-6-7-19-5/h11,15,17H,6-10H2,1-5H3,(H,16,18). The van der Waals surface area contributed by atoms with Crippen LogP contribution in [0.2, 0.25) is 0 Å². The van der Waals surface area contributed by atoms with E-state index in [1.807, 2.05) is 0 Å². The van der Waals surface area contributed by atoms with Gasteiger partial charge in [0.05, 0.1) is 13.2 Å². The summed E-state index contributed by atoms with van der Waals surface area (Å²) in [5, 5.41) is 9.80. The van der Waals surface area contributed by atoms with Gasteiger partial charge in [0.1, 0.15) is 0 Å². The molecule has 112 valence electrons. The van der Waals surface area contributed by atoms with E-state index in [-0.39, 0.29) is 23.0 Å². The van der Waals surface area contributed by atoms with Crippen molar-refractivity contribution >= 4 is 5.91 Å². The normalized spacial score (nSPS) is 22.2. The Morgan fingerprint density at radius 2 is 1.84 bits per heavy atom. The summed E-state index contributed by atoms with van der Waals surface area (Å²) in [5.74, 6) is 0.0644. The van der Waals surface area contributed by atoms with Crippen LogP contribution in [0.5, 0.6) is 0 Å². The molecule has 1 aliphatic heterocycles. The van der Waals surface area contributed by atoms with Crippen LogP contribution in [-0.4, -0.2) is 49.8 Å². The molecule has 1 fully saturated rings. The van der Waals surface area contributed by atoms with Crippen LogP contribution in [0.1, 0.15) is 40.5 Å². The van der Waals surface area contributed by atoms with Gasteiger partial charge in [0.2, 0.25) is 5.91 Å². The lowest BCUT2D eigenvalue weighted by Crippen LogP contribution is -2.62. The second kappa shape index (κ2) is 6.68. The topological polar surface area (TPSA) is 62.4 Å². The lowest BCUT2D eigenvalue weighted by molar-refractivity contribution is -0.121. The minimum atomic E-state index is 0.0587. The van der Waals surface area contributed by atoms with Gasteiger partial charge < -0.3 is 20.7 Å². The molecule has 0 aliphatic carbocycles. The third kappa shape index (κ3) is 6.36. The average Bonchev–Trinajstić information content (AvgIpc) is 2.19. The molecule has 0 aromatic rings. The number of amides is 1. The molecule has 1 amide bonds. The number of methoxy groups -OCH3 is 1. The number of piperidine rings is 1. The molecule has 0 unspecified atom stereocenters. The van der Waals surface area contributed by atoms with Gasteiger partial charge in [-0.15, -0.1) is 0 Å². The van der Waals surface area contributed by atoms with E-state index in [0.717, 1.165) is 12.8 Å². The zero-order valence-electron chi connectivity index (χ0n) is 12.9. The minimum Gasteiger partial charge on any atom is -0.383 e. The summed E-state index contributed by atoms with van der Waals surface area (Å²) in [6, 6.07) is 0.239. The molecule has 3 N–H and O–H groups in total. The molecule has 1 heterocycles. The largest absolute Gasteiger partial charge is 0.383 e.